The number of fused-ring (bicyclic) bond motifs is 1. The number of pyridine rings is 1. The molecule has 0 amide bonds. The Bertz CT molecular complexity index is 833. The van der Waals surface area contributed by atoms with Crippen molar-refractivity contribution in [2.24, 2.45) is 0 Å². The number of methoxy groups -OCH3 is 2. The summed E-state index contributed by atoms with van der Waals surface area (Å²) in [7, 11) is 3.13. The molecule has 0 fully saturated rings. The van der Waals surface area contributed by atoms with E-state index in [4.69, 9.17) is 9.47 Å². The quantitative estimate of drug-likeness (QED) is 0.723. The van der Waals surface area contributed by atoms with Crippen molar-refractivity contribution in [3.8, 4) is 22.8 Å². The Morgan fingerprint density at radius 1 is 1.09 bits per heavy atom. The Labute approximate surface area is 131 Å². The number of benzene rings is 1. The molecule has 1 aromatic carbocycles. The van der Waals surface area contributed by atoms with Gasteiger partial charge < -0.3 is 14.0 Å². The number of rotatable bonds is 5. The van der Waals surface area contributed by atoms with Gasteiger partial charge in [-0.1, -0.05) is 0 Å². The molecule has 3 rings (SSSR count). The molecule has 0 radical (unpaired) electrons. The lowest BCUT2D eigenvalue weighted by Crippen LogP contribution is -2.05. The third kappa shape index (κ3) is 2.94. The molecule has 2 heterocycles. The fourth-order valence-corrected chi connectivity index (χ4v) is 2.40. The number of ether oxygens (including phenoxy) is 2. The van der Waals surface area contributed by atoms with Gasteiger partial charge in [-0.25, -0.2) is 13.8 Å². The Morgan fingerprint density at radius 2 is 1.87 bits per heavy atom. The number of imidazole rings is 1. The lowest BCUT2D eigenvalue weighted by Gasteiger charge is -2.09. The van der Waals surface area contributed by atoms with Crippen LogP contribution in [0.4, 0.5) is 8.78 Å². The SMILES string of the molecule is COc1ccc(-c2cc3ncn(CC(F)F)c3cn2)cc1OC. The molecule has 0 aliphatic heterocycles. The molecule has 7 heteroatoms. The molecule has 0 atom stereocenters. The molecule has 0 spiro atoms. The second-order valence-corrected chi connectivity index (χ2v) is 4.92. The van der Waals surface area contributed by atoms with Crippen LogP contribution >= 0.6 is 0 Å². The highest BCUT2D eigenvalue weighted by atomic mass is 19.3. The van der Waals surface area contributed by atoms with Gasteiger partial charge in [-0.05, 0) is 24.3 Å². The molecule has 3 aromatic rings. The Morgan fingerprint density at radius 3 is 2.57 bits per heavy atom. The van der Waals surface area contributed by atoms with Gasteiger partial charge in [0.1, 0.15) is 0 Å². The van der Waals surface area contributed by atoms with Crippen LogP contribution < -0.4 is 9.47 Å². The molecular formula is C16H15F2N3O2. The third-order valence-electron chi connectivity index (χ3n) is 3.52. The van der Waals surface area contributed by atoms with Gasteiger partial charge in [-0.15, -0.1) is 0 Å². The number of hydrogen-bond acceptors (Lipinski definition) is 4. The zero-order chi connectivity index (χ0) is 16.4. The van der Waals surface area contributed by atoms with E-state index in [-0.39, 0.29) is 0 Å². The Balaban J connectivity index is 2.01. The second kappa shape index (κ2) is 6.20. The van der Waals surface area contributed by atoms with Crippen molar-refractivity contribution in [2.75, 3.05) is 14.2 Å². The first kappa shape index (κ1) is 15.2. The zero-order valence-corrected chi connectivity index (χ0v) is 12.7. The summed E-state index contributed by atoms with van der Waals surface area (Å²) in [4.78, 5) is 8.51. The zero-order valence-electron chi connectivity index (χ0n) is 12.7. The van der Waals surface area contributed by atoms with Gasteiger partial charge in [-0.3, -0.25) is 4.98 Å². The summed E-state index contributed by atoms with van der Waals surface area (Å²) >= 11 is 0. The Hall–Kier alpha value is -2.70. The van der Waals surface area contributed by atoms with Crippen molar-refractivity contribution < 1.29 is 18.3 Å². The van der Waals surface area contributed by atoms with Gasteiger partial charge in [-0.2, -0.15) is 0 Å². The largest absolute Gasteiger partial charge is 0.493 e. The number of hydrogen-bond donors (Lipinski definition) is 0. The molecule has 5 nitrogen and oxygen atoms in total. The third-order valence-corrected chi connectivity index (χ3v) is 3.52. The Kier molecular flexibility index (Phi) is 4.10. The second-order valence-electron chi connectivity index (χ2n) is 4.92. The normalized spacial score (nSPS) is 11.2. The number of aromatic nitrogens is 3. The first-order chi connectivity index (χ1) is 11.1. The van der Waals surface area contributed by atoms with E-state index in [1.807, 2.05) is 12.1 Å². The van der Waals surface area contributed by atoms with Crippen LogP contribution in [0.2, 0.25) is 0 Å². The van der Waals surface area contributed by atoms with Crippen molar-refractivity contribution in [1.29, 1.82) is 0 Å². The van der Waals surface area contributed by atoms with E-state index in [1.54, 1.807) is 32.5 Å². The summed E-state index contributed by atoms with van der Waals surface area (Å²) in [6.45, 7) is -0.395. The van der Waals surface area contributed by atoms with Crippen LogP contribution in [0.3, 0.4) is 0 Å². The first-order valence-corrected chi connectivity index (χ1v) is 6.94. The van der Waals surface area contributed by atoms with E-state index in [1.165, 1.54) is 10.9 Å². The summed E-state index contributed by atoms with van der Waals surface area (Å²) in [5, 5.41) is 0. The molecule has 0 aliphatic carbocycles. The van der Waals surface area contributed by atoms with Crippen molar-refractivity contribution in [2.45, 2.75) is 13.0 Å². The summed E-state index contributed by atoms with van der Waals surface area (Å²) in [5.41, 5.74) is 2.70. The van der Waals surface area contributed by atoms with Gasteiger partial charge in [0.25, 0.3) is 6.43 Å². The van der Waals surface area contributed by atoms with Crippen LogP contribution in [0.1, 0.15) is 0 Å². The van der Waals surface area contributed by atoms with Gasteiger partial charge >= 0.3 is 0 Å². The molecule has 0 N–H and O–H groups in total. The van der Waals surface area contributed by atoms with E-state index in [9.17, 15) is 8.78 Å². The van der Waals surface area contributed by atoms with E-state index in [0.717, 1.165) is 5.56 Å². The average molecular weight is 319 g/mol. The smallest absolute Gasteiger partial charge is 0.256 e. The lowest BCUT2D eigenvalue weighted by molar-refractivity contribution is 0.128. The van der Waals surface area contributed by atoms with Crippen molar-refractivity contribution in [1.82, 2.24) is 14.5 Å². The molecule has 0 aliphatic rings. The number of alkyl halides is 2. The summed E-state index contributed by atoms with van der Waals surface area (Å²) in [6.07, 6.45) is 0.520. The van der Waals surface area contributed by atoms with Crippen molar-refractivity contribution >= 4 is 11.0 Å². The molecular weight excluding hydrogens is 304 g/mol. The summed E-state index contributed by atoms with van der Waals surface area (Å²) < 4.78 is 36.9. The maximum atomic E-state index is 12.5. The fraction of sp³-hybridized carbons (Fsp3) is 0.250. The molecule has 0 bridgehead atoms. The van der Waals surface area contributed by atoms with Gasteiger partial charge in [0, 0.05) is 5.56 Å². The summed E-state index contributed by atoms with van der Waals surface area (Å²) in [6, 6.07) is 7.21. The molecule has 120 valence electrons. The average Bonchev–Trinajstić information content (AvgIpc) is 2.95. The van der Waals surface area contributed by atoms with Gasteiger partial charge in [0.05, 0.1) is 50.0 Å². The maximum Gasteiger partial charge on any atom is 0.256 e. The minimum atomic E-state index is -2.43. The molecule has 0 unspecified atom stereocenters. The number of nitrogens with zero attached hydrogens (tertiary/aromatic N) is 3. The predicted octanol–water partition coefficient (Wildman–Crippen LogP) is 3.38. The van der Waals surface area contributed by atoms with Gasteiger partial charge in [0.15, 0.2) is 11.5 Å². The topological polar surface area (TPSA) is 49.2 Å². The standard InChI is InChI=1S/C16H15F2N3O2/c1-22-14-4-3-10(5-15(14)23-2)11-6-12-13(7-19-11)21(9-20-12)8-16(17)18/h3-7,9,16H,8H2,1-2H3. The molecule has 2 aromatic heterocycles. The first-order valence-electron chi connectivity index (χ1n) is 6.94. The minimum absolute atomic E-state index is 0.395. The van der Waals surface area contributed by atoms with E-state index >= 15 is 0 Å². The molecule has 0 saturated heterocycles. The lowest BCUT2D eigenvalue weighted by atomic mass is 10.1. The van der Waals surface area contributed by atoms with Crippen LogP contribution in [-0.2, 0) is 6.54 Å². The highest BCUT2D eigenvalue weighted by molar-refractivity contribution is 5.79. The fourth-order valence-electron chi connectivity index (χ4n) is 2.40. The van der Waals surface area contributed by atoms with Crippen LogP contribution in [0.5, 0.6) is 11.5 Å². The van der Waals surface area contributed by atoms with Gasteiger partial charge in [0.2, 0.25) is 0 Å². The predicted molar refractivity (Wildman–Crippen MR) is 82.1 cm³/mol. The van der Waals surface area contributed by atoms with Crippen LogP contribution in [0.25, 0.3) is 22.3 Å². The minimum Gasteiger partial charge on any atom is -0.493 e. The summed E-state index contributed by atoms with van der Waals surface area (Å²) in [5.74, 6) is 1.22. The molecule has 23 heavy (non-hydrogen) atoms. The van der Waals surface area contributed by atoms with E-state index in [2.05, 4.69) is 9.97 Å². The maximum absolute atomic E-state index is 12.5. The van der Waals surface area contributed by atoms with E-state index < -0.39 is 13.0 Å². The van der Waals surface area contributed by atoms with E-state index in [0.29, 0.717) is 28.2 Å². The van der Waals surface area contributed by atoms with Crippen LogP contribution in [0.15, 0.2) is 36.8 Å². The highest BCUT2D eigenvalue weighted by Crippen LogP contribution is 2.32. The van der Waals surface area contributed by atoms with Crippen LogP contribution in [0, 0.1) is 0 Å². The molecule has 0 saturated carbocycles. The van der Waals surface area contributed by atoms with Crippen molar-refractivity contribution in [3.05, 3.63) is 36.8 Å². The van der Waals surface area contributed by atoms with Crippen LogP contribution in [-0.4, -0.2) is 35.2 Å². The van der Waals surface area contributed by atoms with Crippen molar-refractivity contribution in [3.63, 3.8) is 0 Å². The number of halogens is 2. The monoisotopic (exact) mass is 319 g/mol. The highest BCUT2D eigenvalue weighted by Gasteiger charge is 2.11.